The summed E-state index contributed by atoms with van der Waals surface area (Å²) in [6.07, 6.45) is 0.783. The Hall–Kier alpha value is -0.580. The minimum atomic E-state index is -3.19. The minimum absolute atomic E-state index is 0.0196. The van der Waals surface area contributed by atoms with E-state index in [0.29, 0.717) is 12.5 Å². The van der Waals surface area contributed by atoms with Crippen molar-refractivity contribution in [2.45, 2.75) is 19.3 Å². The maximum Gasteiger partial charge on any atom is 0.212 e. The van der Waals surface area contributed by atoms with Crippen molar-refractivity contribution in [3.8, 4) is 0 Å². The van der Waals surface area contributed by atoms with E-state index < -0.39 is 10.0 Å². The number of hydrogen-bond acceptors (Lipinski definition) is 2. The third-order valence-electron chi connectivity index (χ3n) is 2.61. The van der Waals surface area contributed by atoms with Gasteiger partial charge < -0.3 is 0 Å². The molecule has 0 bridgehead atoms. The van der Waals surface area contributed by atoms with Crippen LogP contribution in [0.2, 0.25) is 0 Å². The molecule has 1 rings (SSSR count). The highest BCUT2D eigenvalue weighted by molar-refractivity contribution is 7.89. The fourth-order valence-corrected chi connectivity index (χ4v) is 2.94. The van der Waals surface area contributed by atoms with Gasteiger partial charge in [0.1, 0.15) is 0 Å². The van der Waals surface area contributed by atoms with Crippen LogP contribution >= 0.6 is 11.6 Å². The normalized spacial score (nSPS) is 13.5. The van der Waals surface area contributed by atoms with Crippen molar-refractivity contribution in [1.29, 1.82) is 0 Å². The van der Waals surface area contributed by atoms with Crippen molar-refractivity contribution in [1.82, 2.24) is 4.72 Å². The summed E-state index contributed by atoms with van der Waals surface area (Å²) < 4.78 is 25.3. The topological polar surface area (TPSA) is 46.2 Å². The first-order valence-corrected chi connectivity index (χ1v) is 7.82. The molecule has 0 fully saturated rings. The van der Waals surface area contributed by atoms with Gasteiger partial charge in [-0.2, -0.15) is 0 Å². The highest BCUT2D eigenvalue weighted by atomic mass is 35.5. The smallest absolute Gasteiger partial charge is 0.212 e. The summed E-state index contributed by atoms with van der Waals surface area (Å²) in [6.45, 7) is 2.54. The van der Waals surface area contributed by atoms with Crippen LogP contribution in [0.4, 0.5) is 0 Å². The monoisotopic (exact) mass is 275 g/mol. The van der Waals surface area contributed by atoms with E-state index >= 15 is 0 Å². The van der Waals surface area contributed by atoms with Gasteiger partial charge in [-0.15, -0.1) is 11.6 Å². The van der Waals surface area contributed by atoms with Crippen molar-refractivity contribution in [2.24, 2.45) is 0 Å². The van der Waals surface area contributed by atoms with E-state index in [9.17, 15) is 8.42 Å². The number of nitrogens with one attached hydrogen (secondary N) is 1. The van der Waals surface area contributed by atoms with Gasteiger partial charge in [-0.25, -0.2) is 13.1 Å². The molecule has 0 aliphatic heterocycles. The van der Waals surface area contributed by atoms with Crippen LogP contribution in [0, 0.1) is 0 Å². The van der Waals surface area contributed by atoms with E-state index in [1.54, 1.807) is 0 Å². The Morgan fingerprint density at radius 3 is 2.53 bits per heavy atom. The second-order valence-corrected chi connectivity index (χ2v) is 6.31. The average molecular weight is 276 g/mol. The highest BCUT2D eigenvalue weighted by Crippen LogP contribution is 2.17. The third kappa shape index (κ3) is 5.52. The van der Waals surface area contributed by atoms with Gasteiger partial charge in [0, 0.05) is 12.4 Å². The van der Waals surface area contributed by atoms with Gasteiger partial charge in [0.25, 0.3) is 0 Å². The molecular weight excluding hydrogens is 258 g/mol. The third-order valence-corrected chi connectivity index (χ3v) is 4.41. The number of hydrogen-bond donors (Lipinski definition) is 1. The second-order valence-electron chi connectivity index (χ2n) is 4.00. The molecule has 0 aliphatic rings. The molecule has 0 amide bonds. The molecule has 17 heavy (non-hydrogen) atoms. The Kier molecular flexibility index (Phi) is 5.95. The Balaban J connectivity index is 2.37. The van der Waals surface area contributed by atoms with Gasteiger partial charge in [-0.1, -0.05) is 37.3 Å². The number of benzene rings is 1. The molecule has 0 radical (unpaired) electrons. The van der Waals surface area contributed by atoms with E-state index in [-0.39, 0.29) is 11.6 Å². The molecule has 5 heteroatoms. The average Bonchev–Trinajstić information content (AvgIpc) is 2.29. The molecule has 0 heterocycles. The SMILES string of the molecule is CC(CCNS(=O)(=O)CCCl)c1ccccc1. The van der Waals surface area contributed by atoms with E-state index in [1.165, 1.54) is 5.56 Å². The second kappa shape index (κ2) is 6.99. The zero-order valence-electron chi connectivity index (χ0n) is 9.90. The maximum absolute atomic E-state index is 11.4. The molecule has 1 unspecified atom stereocenters. The van der Waals surface area contributed by atoms with Crippen molar-refractivity contribution in [3.63, 3.8) is 0 Å². The largest absolute Gasteiger partial charge is 0.215 e. The lowest BCUT2D eigenvalue weighted by molar-refractivity contribution is 0.574. The van der Waals surface area contributed by atoms with Gasteiger partial charge in [0.15, 0.2) is 0 Å². The van der Waals surface area contributed by atoms with Crippen molar-refractivity contribution < 1.29 is 8.42 Å². The molecule has 0 saturated carbocycles. The first-order chi connectivity index (χ1) is 8.05. The quantitative estimate of drug-likeness (QED) is 0.777. The van der Waals surface area contributed by atoms with Crippen LogP contribution in [0.5, 0.6) is 0 Å². The summed E-state index contributed by atoms with van der Waals surface area (Å²) in [7, 11) is -3.19. The maximum atomic E-state index is 11.4. The predicted octanol–water partition coefficient (Wildman–Crippen LogP) is 2.34. The van der Waals surface area contributed by atoms with E-state index in [1.807, 2.05) is 18.2 Å². The Morgan fingerprint density at radius 2 is 1.94 bits per heavy atom. The molecule has 3 nitrogen and oxygen atoms in total. The summed E-state index contributed by atoms with van der Waals surface area (Å²) in [5.41, 5.74) is 1.23. The molecule has 0 aromatic heterocycles. The fourth-order valence-electron chi connectivity index (χ4n) is 1.55. The molecule has 0 spiro atoms. The first kappa shape index (κ1) is 14.5. The zero-order chi connectivity index (χ0) is 12.7. The van der Waals surface area contributed by atoms with E-state index in [0.717, 1.165) is 6.42 Å². The van der Waals surface area contributed by atoms with Gasteiger partial charge in [-0.05, 0) is 17.9 Å². The van der Waals surface area contributed by atoms with E-state index in [4.69, 9.17) is 11.6 Å². The number of rotatable bonds is 7. The van der Waals surface area contributed by atoms with Crippen molar-refractivity contribution in [2.75, 3.05) is 18.2 Å². The zero-order valence-corrected chi connectivity index (χ0v) is 11.5. The van der Waals surface area contributed by atoms with Crippen molar-refractivity contribution >= 4 is 21.6 Å². The highest BCUT2D eigenvalue weighted by Gasteiger charge is 2.10. The molecule has 1 aromatic carbocycles. The van der Waals surface area contributed by atoms with Crippen LogP contribution in [-0.4, -0.2) is 26.6 Å². The minimum Gasteiger partial charge on any atom is -0.215 e. The lowest BCUT2D eigenvalue weighted by Gasteiger charge is -2.12. The number of alkyl halides is 1. The van der Waals surface area contributed by atoms with Crippen LogP contribution in [0.25, 0.3) is 0 Å². The molecule has 0 aliphatic carbocycles. The lowest BCUT2D eigenvalue weighted by atomic mass is 9.98. The summed E-state index contributed by atoms with van der Waals surface area (Å²) in [5.74, 6) is 0.451. The molecule has 96 valence electrons. The van der Waals surface area contributed by atoms with Crippen LogP contribution in [-0.2, 0) is 10.0 Å². The molecule has 1 aromatic rings. The van der Waals surface area contributed by atoms with Crippen LogP contribution in [0.1, 0.15) is 24.8 Å². The Bertz CT molecular complexity index is 419. The Labute approximate surface area is 108 Å². The summed E-state index contributed by atoms with van der Waals surface area (Å²) in [5, 5.41) is 0. The molecule has 1 N–H and O–H groups in total. The first-order valence-electron chi connectivity index (χ1n) is 5.63. The van der Waals surface area contributed by atoms with E-state index in [2.05, 4.69) is 23.8 Å². The molecule has 0 saturated heterocycles. The van der Waals surface area contributed by atoms with Crippen LogP contribution in [0.15, 0.2) is 30.3 Å². The standard InChI is InChI=1S/C12H18ClNO2S/c1-11(12-5-3-2-4-6-12)7-9-14-17(15,16)10-8-13/h2-6,11,14H,7-10H2,1H3. The summed E-state index contributed by atoms with van der Waals surface area (Å²) in [6, 6.07) is 10.1. The van der Waals surface area contributed by atoms with Gasteiger partial charge in [0.05, 0.1) is 5.75 Å². The summed E-state index contributed by atoms with van der Waals surface area (Å²) >= 11 is 5.40. The van der Waals surface area contributed by atoms with Crippen LogP contribution in [0.3, 0.4) is 0 Å². The number of halogens is 1. The number of sulfonamides is 1. The summed E-state index contributed by atoms with van der Waals surface area (Å²) in [4.78, 5) is 0. The molecular formula is C12H18ClNO2S. The van der Waals surface area contributed by atoms with Gasteiger partial charge in [-0.3, -0.25) is 0 Å². The predicted molar refractivity (Wildman–Crippen MR) is 72.0 cm³/mol. The lowest BCUT2D eigenvalue weighted by Crippen LogP contribution is -2.28. The van der Waals surface area contributed by atoms with Gasteiger partial charge >= 0.3 is 0 Å². The van der Waals surface area contributed by atoms with Crippen LogP contribution < -0.4 is 4.72 Å². The Morgan fingerprint density at radius 1 is 1.29 bits per heavy atom. The molecule has 1 atom stereocenters. The fraction of sp³-hybridized carbons (Fsp3) is 0.500. The van der Waals surface area contributed by atoms with Gasteiger partial charge in [0.2, 0.25) is 10.0 Å². The van der Waals surface area contributed by atoms with Crippen molar-refractivity contribution in [3.05, 3.63) is 35.9 Å².